The molecule has 0 aliphatic rings. The van der Waals surface area contributed by atoms with E-state index in [1.807, 2.05) is 24.3 Å². The van der Waals surface area contributed by atoms with Gasteiger partial charge in [-0.2, -0.15) is 0 Å². The summed E-state index contributed by atoms with van der Waals surface area (Å²) < 4.78 is 33.1. The molecule has 2 rings (SSSR count). The normalized spacial score (nSPS) is 11.4. The van der Waals surface area contributed by atoms with Crippen molar-refractivity contribution in [3.63, 3.8) is 0 Å². The molecule has 6 nitrogen and oxygen atoms in total. The van der Waals surface area contributed by atoms with Crippen LogP contribution in [-0.4, -0.2) is 42.2 Å². The highest BCUT2D eigenvalue weighted by molar-refractivity contribution is 5.56. The van der Waals surface area contributed by atoms with Gasteiger partial charge in [-0.1, -0.05) is 19.6 Å². The van der Waals surface area contributed by atoms with Crippen LogP contribution in [0, 0.1) is 0 Å². The van der Waals surface area contributed by atoms with Crippen LogP contribution >= 0.6 is 0 Å². The zero-order valence-electron chi connectivity index (χ0n) is 18.0. The highest BCUT2D eigenvalue weighted by Crippen LogP contribution is 2.42. The largest absolute Gasteiger partial charge is 0.493 e. The first kappa shape index (κ1) is 22.3. The van der Waals surface area contributed by atoms with Crippen molar-refractivity contribution in [1.82, 2.24) is 0 Å². The molecule has 0 heterocycles. The van der Waals surface area contributed by atoms with E-state index in [0.717, 1.165) is 17.5 Å². The molecule has 2 aromatic carbocycles. The van der Waals surface area contributed by atoms with Crippen molar-refractivity contribution in [2.45, 2.75) is 19.3 Å². The highest BCUT2D eigenvalue weighted by Gasteiger charge is 2.19. The first-order chi connectivity index (χ1) is 14.0. The zero-order valence-corrected chi connectivity index (χ0v) is 18.0. The molecule has 0 saturated carbocycles. The number of benzene rings is 2. The molecule has 6 heteroatoms. The Kier molecular flexibility index (Phi) is 8.07. The molecule has 0 N–H and O–H groups in total. The Morgan fingerprint density at radius 3 is 1.66 bits per heavy atom. The third kappa shape index (κ3) is 5.08. The molecule has 0 unspecified atom stereocenters. The molecule has 0 fully saturated rings. The fraction of sp³-hybridized carbons (Fsp3) is 0.391. The van der Waals surface area contributed by atoms with Gasteiger partial charge in [0.05, 0.1) is 35.5 Å². The summed E-state index contributed by atoms with van der Waals surface area (Å²) in [5, 5.41) is 0. The number of rotatable bonds is 11. The van der Waals surface area contributed by atoms with E-state index in [0.29, 0.717) is 41.1 Å². The molecule has 0 radical (unpaired) electrons. The minimum absolute atomic E-state index is 0.175. The van der Waals surface area contributed by atoms with Gasteiger partial charge in [-0.05, 0) is 47.7 Å². The van der Waals surface area contributed by atoms with Crippen LogP contribution in [0.15, 0.2) is 36.9 Å². The van der Waals surface area contributed by atoms with E-state index in [9.17, 15) is 0 Å². The van der Waals surface area contributed by atoms with Crippen LogP contribution in [0.3, 0.4) is 0 Å². The number of methoxy groups -OCH3 is 5. The Morgan fingerprint density at radius 1 is 0.759 bits per heavy atom. The smallest absolute Gasteiger partial charge is 0.203 e. The third-order valence-corrected chi connectivity index (χ3v) is 4.66. The summed E-state index contributed by atoms with van der Waals surface area (Å²) in [6.45, 7) is 6.19. The van der Waals surface area contributed by atoms with Crippen molar-refractivity contribution >= 4 is 0 Å². The van der Waals surface area contributed by atoms with Crippen LogP contribution < -0.4 is 28.4 Å². The number of hydrogen-bond donors (Lipinski definition) is 0. The van der Waals surface area contributed by atoms with Crippen molar-refractivity contribution in [2.75, 3.05) is 42.2 Å². The van der Waals surface area contributed by atoms with Gasteiger partial charge in [-0.25, -0.2) is 0 Å². The molecule has 0 spiro atoms. The lowest BCUT2D eigenvalue weighted by molar-refractivity contribution is 0.300. The van der Waals surface area contributed by atoms with Crippen molar-refractivity contribution in [1.29, 1.82) is 0 Å². The maximum Gasteiger partial charge on any atom is 0.203 e. The van der Waals surface area contributed by atoms with Crippen molar-refractivity contribution < 1.29 is 28.4 Å². The molecule has 0 aliphatic carbocycles. The topological polar surface area (TPSA) is 55.4 Å². The first-order valence-electron chi connectivity index (χ1n) is 9.31. The monoisotopic (exact) mass is 402 g/mol. The Bertz CT molecular complexity index is 780. The quantitative estimate of drug-likeness (QED) is 0.511. The Labute approximate surface area is 172 Å². The summed E-state index contributed by atoms with van der Waals surface area (Å²) in [6, 6.07) is 7.88. The van der Waals surface area contributed by atoms with Crippen LogP contribution in [0.4, 0.5) is 0 Å². The van der Waals surface area contributed by atoms with E-state index < -0.39 is 0 Å². The maximum atomic E-state index is 5.72. The number of hydrogen-bond acceptors (Lipinski definition) is 6. The molecular weight excluding hydrogens is 372 g/mol. The second-order valence-electron chi connectivity index (χ2n) is 6.49. The minimum Gasteiger partial charge on any atom is -0.493 e. The predicted octanol–water partition coefficient (Wildman–Crippen LogP) is 4.64. The summed E-state index contributed by atoms with van der Waals surface area (Å²) in [4.78, 5) is 0. The Morgan fingerprint density at radius 2 is 1.24 bits per heavy atom. The Balaban J connectivity index is 2.37. The van der Waals surface area contributed by atoms with Gasteiger partial charge < -0.3 is 28.4 Å². The van der Waals surface area contributed by atoms with Crippen molar-refractivity contribution in [3.8, 4) is 34.5 Å². The van der Waals surface area contributed by atoms with Gasteiger partial charge in [0.15, 0.2) is 23.0 Å². The van der Waals surface area contributed by atoms with Gasteiger partial charge in [-0.3, -0.25) is 0 Å². The van der Waals surface area contributed by atoms with E-state index in [1.165, 1.54) is 0 Å². The molecule has 0 amide bonds. The second-order valence-corrected chi connectivity index (χ2v) is 6.49. The predicted molar refractivity (Wildman–Crippen MR) is 113 cm³/mol. The minimum atomic E-state index is 0.175. The maximum absolute atomic E-state index is 5.72. The summed E-state index contributed by atoms with van der Waals surface area (Å²) in [5.41, 5.74) is 2.13. The summed E-state index contributed by atoms with van der Waals surface area (Å²) in [7, 11) is 8.05. The lowest BCUT2D eigenvalue weighted by Gasteiger charge is -2.19. The van der Waals surface area contributed by atoms with E-state index in [-0.39, 0.29) is 5.92 Å². The second kappa shape index (κ2) is 10.5. The molecule has 0 saturated heterocycles. The van der Waals surface area contributed by atoms with Crippen LogP contribution in [-0.2, 0) is 6.42 Å². The van der Waals surface area contributed by atoms with E-state index in [1.54, 1.807) is 41.6 Å². The molecular formula is C23H30O6. The summed E-state index contributed by atoms with van der Waals surface area (Å²) in [5.74, 6) is 3.84. The average Bonchev–Trinajstić information content (AvgIpc) is 2.75. The Hall–Kier alpha value is -3.02. The summed E-state index contributed by atoms with van der Waals surface area (Å²) >= 11 is 0. The lowest BCUT2D eigenvalue weighted by atomic mass is 9.92. The molecule has 29 heavy (non-hydrogen) atoms. The molecule has 0 aromatic heterocycles. The average molecular weight is 402 g/mol. The SMILES string of the molecule is C=CCOc1c(OC)cc([C@@H](C)Cc2cc(OC)c(OC)c(OC)c2)cc1OC. The third-order valence-electron chi connectivity index (χ3n) is 4.66. The highest BCUT2D eigenvalue weighted by atomic mass is 16.5. The van der Waals surface area contributed by atoms with Gasteiger partial charge >= 0.3 is 0 Å². The van der Waals surface area contributed by atoms with Crippen molar-refractivity contribution in [3.05, 3.63) is 48.0 Å². The standard InChI is InChI=1S/C23H30O6/c1-8-9-29-23-20(26-5)13-17(14-21(23)27-6)15(2)10-16-11-18(24-3)22(28-7)19(12-16)25-4/h8,11-15H,1,9-10H2,2-7H3/t15-/m0/s1. The van der Waals surface area contributed by atoms with Gasteiger partial charge in [0.1, 0.15) is 6.61 Å². The lowest BCUT2D eigenvalue weighted by Crippen LogP contribution is -2.04. The van der Waals surface area contributed by atoms with Crippen LogP contribution in [0.1, 0.15) is 24.0 Å². The molecule has 158 valence electrons. The van der Waals surface area contributed by atoms with Gasteiger partial charge in [-0.15, -0.1) is 0 Å². The fourth-order valence-electron chi connectivity index (χ4n) is 3.19. The van der Waals surface area contributed by atoms with E-state index in [4.69, 9.17) is 28.4 Å². The van der Waals surface area contributed by atoms with Gasteiger partial charge in [0.25, 0.3) is 0 Å². The van der Waals surface area contributed by atoms with E-state index in [2.05, 4.69) is 13.5 Å². The zero-order chi connectivity index (χ0) is 21.4. The molecule has 2 aromatic rings. The number of ether oxygens (including phenoxy) is 6. The van der Waals surface area contributed by atoms with Crippen molar-refractivity contribution in [2.24, 2.45) is 0 Å². The molecule has 1 atom stereocenters. The fourth-order valence-corrected chi connectivity index (χ4v) is 3.19. The van der Waals surface area contributed by atoms with Crippen LogP contribution in [0.5, 0.6) is 34.5 Å². The molecule has 0 bridgehead atoms. The first-order valence-corrected chi connectivity index (χ1v) is 9.31. The van der Waals surface area contributed by atoms with Crippen LogP contribution in [0.2, 0.25) is 0 Å². The van der Waals surface area contributed by atoms with Crippen LogP contribution in [0.25, 0.3) is 0 Å². The van der Waals surface area contributed by atoms with Gasteiger partial charge in [0, 0.05) is 0 Å². The van der Waals surface area contributed by atoms with Gasteiger partial charge in [0.2, 0.25) is 11.5 Å². The molecule has 0 aliphatic heterocycles. The summed E-state index contributed by atoms with van der Waals surface area (Å²) in [6.07, 6.45) is 2.44. The van der Waals surface area contributed by atoms with E-state index >= 15 is 0 Å².